The smallest absolute Gasteiger partial charge is 0.0999 e. The lowest BCUT2D eigenvalue weighted by molar-refractivity contribution is -0.115. The topological polar surface area (TPSA) is 40.5 Å². The zero-order valence-corrected chi connectivity index (χ0v) is 9.00. The molecule has 4 atom stereocenters. The van der Waals surface area contributed by atoms with Crippen molar-refractivity contribution in [1.82, 2.24) is 0 Å². The molecule has 3 aliphatic rings. The fraction of sp³-hybridized carbons (Fsp3) is 0.692. The van der Waals surface area contributed by atoms with Crippen molar-refractivity contribution in [3.8, 4) is 0 Å². The maximum absolute atomic E-state index is 10.9. The summed E-state index contributed by atoms with van der Waals surface area (Å²) in [6, 6.07) is 0. The number of hydrogen-bond acceptors (Lipinski definition) is 2. The van der Waals surface area contributed by atoms with Crippen LogP contribution in [0.4, 0.5) is 0 Å². The molecule has 0 aromatic heterocycles. The van der Waals surface area contributed by atoms with Crippen molar-refractivity contribution in [2.75, 3.05) is 0 Å². The molecule has 0 spiro atoms. The van der Waals surface area contributed by atoms with Crippen LogP contribution < -0.4 is 0 Å². The van der Waals surface area contributed by atoms with E-state index in [0.717, 1.165) is 36.8 Å². The maximum atomic E-state index is 10.9. The van der Waals surface area contributed by atoms with E-state index in [1.807, 2.05) is 0 Å². The molecule has 0 aromatic carbocycles. The predicted molar refractivity (Wildman–Crippen MR) is 58.2 cm³/mol. The predicted octanol–water partition coefficient (Wildman–Crippen LogP) is 1.78. The van der Waals surface area contributed by atoms with Crippen LogP contribution in [0.15, 0.2) is 24.3 Å². The SMILES string of the molecule is C=C1C[C@@H](O)[C@]23CCC(=C)[C@@]2(O)[C@H]1CC3. The van der Waals surface area contributed by atoms with Gasteiger partial charge in [0.15, 0.2) is 0 Å². The first-order chi connectivity index (χ1) is 7.02. The van der Waals surface area contributed by atoms with Crippen LogP contribution in [0, 0.1) is 11.3 Å². The summed E-state index contributed by atoms with van der Waals surface area (Å²) in [5, 5.41) is 21.1. The molecule has 82 valence electrons. The van der Waals surface area contributed by atoms with Crippen LogP contribution in [-0.2, 0) is 0 Å². The van der Waals surface area contributed by atoms with E-state index in [9.17, 15) is 10.2 Å². The van der Waals surface area contributed by atoms with Gasteiger partial charge in [-0.15, -0.1) is 0 Å². The standard InChI is InChI=1S/C13H18O2/c1-8-7-11(14)12-5-3-9(2)13(12,15)10(8)4-6-12/h10-11,14-15H,1-7H2/t10-,11+,12+,13+/m0/s1. The van der Waals surface area contributed by atoms with Gasteiger partial charge >= 0.3 is 0 Å². The number of aliphatic hydroxyl groups is 2. The molecule has 3 aliphatic carbocycles. The van der Waals surface area contributed by atoms with Gasteiger partial charge in [0.05, 0.1) is 11.7 Å². The average Bonchev–Trinajstić information content (AvgIpc) is 2.56. The van der Waals surface area contributed by atoms with Crippen LogP contribution in [-0.4, -0.2) is 21.9 Å². The molecular weight excluding hydrogens is 188 g/mol. The highest BCUT2D eigenvalue weighted by Gasteiger charge is 2.69. The van der Waals surface area contributed by atoms with Crippen molar-refractivity contribution >= 4 is 0 Å². The lowest BCUT2D eigenvalue weighted by Crippen LogP contribution is -2.55. The summed E-state index contributed by atoms with van der Waals surface area (Å²) >= 11 is 0. The van der Waals surface area contributed by atoms with Gasteiger partial charge in [-0.25, -0.2) is 0 Å². The minimum Gasteiger partial charge on any atom is -0.392 e. The van der Waals surface area contributed by atoms with Crippen LogP contribution in [0.3, 0.4) is 0 Å². The quantitative estimate of drug-likeness (QED) is 0.593. The zero-order chi connectivity index (χ0) is 10.8. The van der Waals surface area contributed by atoms with Gasteiger partial charge in [0.2, 0.25) is 0 Å². The Morgan fingerprint density at radius 3 is 2.73 bits per heavy atom. The first-order valence-corrected chi connectivity index (χ1v) is 5.79. The molecule has 0 saturated heterocycles. The fourth-order valence-electron chi connectivity index (χ4n) is 4.30. The van der Waals surface area contributed by atoms with Gasteiger partial charge in [-0.05, 0) is 37.7 Å². The second-order valence-electron chi connectivity index (χ2n) is 5.50. The molecule has 2 heteroatoms. The molecule has 0 unspecified atom stereocenters. The minimum absolute atomic E-state index is 0.149. The lowest BCUT2D eigenvalue weighted by Gasteiger charge is -2.48. The van der Waals surface area contributed by atoms with Crippen molar-refractivity contribution in [2.24, 2.45) is 11.3 Å². The third-order valence-corrected chi connectivity index (χ3v) is 5.14. The van der Waals surface area contributed by atoms with Crippen molar-refractivity contribution in [3.63, 3.8) is 0 Å². The molecule has 3 saturated carbocycles. The van der Waals surface area contributed by atoms with Crippen LogP contribution in [0.5, 0.6) is 0 Å². The Balaban J connectivity index is 2.19. The van der Waals surface area contributed by atoms with Crippen LogP contribution >= 0.6 is 0 Å². The van der Waals surface area contributed by atoms with E-state index in [0.29, 0.717) is 6.42 Å². The van der Waals surface area contributed by atoms with Crippen LogP contribution in [0.1, 0.15) is 32.1 Å². The minimum atomic E-state index is -0.845. The van der Waals surface area contributed by atoms with Crippen molar-refractivity contribution < 1.29 is 10.2 Å². The Kier molecular flexibility index (Phi) is 1.64. The second-order valence-corrected chi connectivity index (χ2v) is 5.50. The van der Waals surface area contributed by atoms with E-state index in [2.05, 4.69) is 13.2 Å². The van der Waals surface area contributed by atoms with Gasteiger partial charge in [0.1, 0.15) is 0 Å². The molecule has 0 radical (unpaired) electrons. The summed E-state index contributed by atoms with van der Waals surface area (Å²) in [7, 11) is 0. The molecule has 15 heavy (non-hydrogen) atoms. The molecule has 2 N–H and O–H groups in total. The molecule has 0 aliphatic heterocycles. The monoisotopic (exact) mass is 206 g/mol. The molecule has 0 amide bonds. The Morgan fingerprint density at radius 1 is 1.27 bits per heavy atom. The molecule has 3 fully saturated rings. The van der Waals surface area contributed by atoms with E-state index in [-0.39, 0.29) is 11.3 Å². The van der Waals surface area contributed by atoms with Crippen molar-refractivity contribution in [1.29, 1.82) is 0 Å². The van der Waals surface area contributed by atoms with Crippen molar-refractivity contribution in [2.45, 2.75) is 43.8 Å². The molecule has 0 heterocycles. The summed E-state index contributed by atoms with van der Waals surface area (Å²) in [5.74, 6) is 0.149. The van der Waals surface area contributed by atoms with E-state index in [4.69, 9.17) is 0 Å². The molecular formula is C13H18O2. The summed E-state index contributed by atoms with van der Waals surface area (Å²) in [6.07, 6.45) is 3.89. The first kappa shape index (κ1) is 9.61. The van der Waals surface area contributed by atoms with Crippen LogP contribution in [0.2, 0.25) is 0 Å². The summed E-state index contributed by atoms with van der Waals surface area (Å²) in [5.41, 5.74) is 0.795. The summed E-state index contributed by atoms with van der Waals surface area (Å²) < 4.78 is 0. The first-order valence-electron chi connectivity index (χ1n) is 5.79. The van der Waals surface area contributed by atoms with Gasteiger partial charge in [0, 0.05) is 11.3 Å². The zero-order valence-electron chi connectivity index (χ0n) is 9.00. The Labute approximate surface area is 90.3 Å². The van der Waals surface area contributed by atoms with Crippen molar-refractivity contribution in [3.05, 3.63) is 24.3 Å². The highest BCUT2D eigenvalue weighted by Crippen LogP contribution is 2.68. The highest BCUT2D eigenvalue weighted by molar-refractivity contribution is 5.39. The Hall–Kier alpha value is -0.600. The van der Waals surface area contributed by atoms with E-state index < -0.39 is 11.7 Å². The van der Waals surface area contributed by atoms with Crippen LogP contribution in [0.25, 0.3) is 0 Å². The summed E-state index contributed by atoms with van der Waals surface area (Å²) in [4.78, 5) is 0. The average molecular weight is 206 g/mol. The molecule has 3 rings (SSSR count). The van der Waals surface area contributed by atoms with Gasteiger partial charge in [-0.3, -0.25) is 0 Å². The molecule has 2 nitrogen and oxygen atoms in total. The third kappa shape index (κ3) is 0.809. The Bertz CT molecular complexity index is 360. The van der Waals surface area contributed by atoms with Gasteiger partial charge in [-0.2, -0.15) is 0 Å². The van der Waals surface area contributed by atoms with E-state index >= 15 is 0 Å². The molecule has 2 bridgehead atoms. The number of aliphatic hydroxyl groups excluding tert-OH is 1. The maximum Gasteiger partial charge on any atom is 0.0999 e. The normalized spacial score (nSPS) is 53.5. The van der Waals surface area contributed by atoms with E-state index in [1.165, 1.54) is 0 Å². The highest BCUT2D eigenvalue weighted by atomic mass is 16.3. The largest absolute Gasteiger partial charge is 0.392 e. The number of rotatable bonds is 0. The summed E-state index contributed by atoms with van der Waals surface area (Å²) in [6.45, 7) is 8.03. The lowest BCUT2D eigenvalue weighted by atomic mass is 9.62. The molecule has 0 aromatic rings. The fourth-order valence-corrected chi connectivity index (χ4v) is 4.30. The van der Waals surface area contributed by atoms with Gasteiger partial charge in [-0.1, -0.05) is 18.7 Å². The third-order valence-electron chi connectivity index (χ3n) is 5.14. The van der Waals surface area contributed by atoms with Gasteiger partial charge < -0.3 is 10.2 Å². The Morgan fingerprint density at radius 2 is 2.00 bits per heavy atom. The van der Waals surface area contributed by atoms with Gasteiger partial charge in [0.25, 0.3) is 0 Å². The second kappa shape index (κ2) is 2.55. The number of hydrogen-bond donors (Lipinski definition) is 2. The van der Waals surface area contributed by atoms with E-state index in [1.54, 1.807) is 0 Å².